The van der Waals surface area contributed by atoms with Gasteiger partial charge in [0.05, 0.1) is 11.3 Å². The average molecular weight is 372 g/mol. The van der Waals surface area contributed by atoms with Gasteiger partial charge in [-0.25, -0.2) is 14.2 Å². The summed E-state index contributed by atoms with van der Waals surface area (Å²) < 4.78 is 23.7. The number of carbonyl (C=O) groups is 1. The number of halogens is 1. The number of para-hydroxylation sites is 1. The number of aromatic nitrogens is 1. The van der Waals surface area contributed by atoms with E-state index in [1.807, 2.05) is 17.5 Å². The van der Waals surface area contributed by atoms with Gasteiger partial charge in [-0.1, -0.05) is 12.1 Å². The van der Waals surface area contributed by atoms with Crippen molar-refractivity contribution in [2.24, 2.45) is 0 Å². The number of benzene rings is 2. The summed E-state index contributed by atoms with van der Waals surface area (Å²) >= 11 is 1.41. The number of carbonyl (C=O) groups excluding carboxylic acids is 1. The molecule has 1 heterocycles. The van der Waals surface area contributed by atoms with Crippen molar-refractivity contribution in [3.05, 3.63) is 76.0 Å². The molecule has 134 valence electrons. The van der Waals surface area contributed by atoms with E-state index in [1.165, 1.54) is 23.5 Å². The number of esters is 1. The Bertz CT molecular complexity index is 881. The third-order valence-electron chi connectivity index (χ3n) is 3.54. The number of hydrogen-bond donors (Lipinski definition) is 1. The van der Waals surface area contributed by atoms with Crippen molar-refractivity contribution >= 4 is 23.0 Å². The summed E-state index contributed by atoms with van der Waals surface area (Å²) in [4.78, 5) is 16.6. The van der Waals surface area contributed by atoms with E-state index in [-0.39, 0.29) is 19.0 Å². The molecule has 2 aromatic carbocycles. The van der Waals surface area contributed by atoms with Gasteiger partial charge in [-0.3, -0.25) is 0 Å². The molecule has 0 aliphatic carbocycles. The zero-order valence-electron chi connectivity index (χ0n) is 14.1. The first-order chi connectivity index (χ1) is 12.7. The van der Waals surface area contributed by atoms with E-state index in [1.54, 1.807) is 31.3 Å². The molecule has 26 heavy (non-hydrogen) atoms. The summed E-state index contributed by atoms with van der Waals surface area (Å²) in [7, 11) is 1.75. The molecular weight excluding hydrogens is 355 g/mol. The minimum atomic E-state index is -0.410. The zero-order chi connectivity index (χ0) is 18.4. The molecule has 1 aromatic heterocycles. The fourth-order valence-electron chi connectivity index (χ4n) is 2.25. The van der Waals surface area contributed by atoms with E-state index in [0.717, 1.165) is 5.01 Å². The lowest BCUT2D eigenvalue weighted by atomic mass is 10.2. The van der Waals surface area contributed by atoms with E-state index in [9.17, 15) is 9.18 Å². The van der Waals surface area contributed by atoms with Crippen molar-refractivity contribution in [1.82, 2.24) is 4.98 Å². The van der Waals surface area contributed by atoms with Crippen molar-refractivity contribution < 1.29 is 18.7 Å². The maximum Gasteiger partial charge on any atom is 0.340 e. The summed E-state index contributed by atoms with van der Waals surface area (Å²) in [5.74, 6) is -0.152. The van der Waals surface area contributed by atoms with E-state index < -0.39 is 5.97 Å². The van der Waals surface area contributed by atoms with Crippen LogP contribution >= 0.6 is 11.3 Å². The first-order valence-electron chi connectivity index (χ1n) is 7.91. The van der Waals surface area contributed by atoms with Crippen molar-refractivity contribution in [3.63, 3.8) is 0 Å². The second-order valence-corrected chi connectivity index (χ2v) is 6.29. The van der Waals surface area contributed by atoms with Gasteiger partial charge >= 0.3 is 5.97 Å². The van der Waals surface area contributed by atoms with Gasteiger partial charge in [0, 0.05) is 18.1 Å². The molecule has 3 rings (SSSR count). The van der Waals surface area contributed by atoms with Crippen molar-refractivity contribution in [3.8, 4) is 5.75 Å². The Kier molecular flexibility index (Phi) is 5.80. The molecule has 0 spiro atoms. The minimum Gasteiger partial charge on any atom is -0.486 e. The van der Waals surface area contributed by atoms with Crippen LogP contribution in [0.2, 0.25) is 0 Å². The Balaban J connectivity index is 1.53. The molecule has 0 unspecified atom stereocenters. The highest BCUT2D eigenvalue weighted by atomic mass is 32.1. The smallest absolute Gasteiger partial charge is 0.340 e. The van der Waals surface area contributed by atoms with Crippen LogP contribution in [0.3, 0.4) is 0 Å². The molecule has 0 atom stereocenters. The molecule has 0 aliphatic rings. The lowest BCUT2D eigenvalue weighted by molar-refractivity contribution is 0.0469. The highest BCUT2D eigenvalue weighted by Crippen LogP contribution is 2.18. The molecule has 3 aromatic rings. The number of thiazole rings is 1. The predicted octanol–water partition coefficient (Wildman–Crippen LogP) is 4.26. The quantitative estimate of drug-likeness (QED) is 0.628. The molecule has 0 saturated carbocycles. The molecule has 0 radical (unpaired) electrons. The van der Waals surface area contributed by atoms with Crippen LogP contribution in [0.25, 0.3) is 0 Å². The number of ether oxygens (including phenoxy) is 2. The van der Waals surface area contributed by atoms with Crippen LogP contribution in [0.4, 0.5) is 10.1 Å². The first-order valence-corrected chi connectivity index (χ1v) is 8.79. The Morgan fingerprint density at radius 3 is 2.69 bits per heavy atom. The summed E-state index contributed by atoms with van der Waals surface area (Å²) in [5, 5.41) is 5.53. The Morgan fingerprint density at radius 2 is 1.92 bits per heavy atom. The van der Waals surface area contributed by atoms with Crippen LogP contribution in [0.5, 0.6) is 5.75 Å². The molecule has 0 saturated heterocycles. The van der Waals surface area contributed by atoms with Gasteiger partial charge in [-0.2, -0.15) is 0 Å². The number of rotatable bonds is 7. The maximum atomic E-state index is 12.9. The maximum absolute atomic E-state index is 12.9. The zero-order valence-corrected chi connectivity index (χ0v) is 14.9. The highest BCUT2D eigenvalue weighted by molar-refractivity contribution is 7.09. The van der Waals surface area contributed by atoms with E-state index in [2.05, 4.69) is 10.3 Å². The summed E-state index contributed by atoms with van der Waals surface area (Å²) in [6, 6.07) is 12.9. The number of anilines is 1. The highest BCUT2D eigenvalue weighted by Gasteiger charge is 2.12. The van der Waals surface area contributed by atoms with Crippen molar-refractivity contribution in [2.75, 3.05) is 12.4 Å². The lowest BCUT2D eigenvalue weighted by Crippen LogP contribution is -2.08. The second-order valence-electron chi connectivity index (χ2n) is 5.35. The topological polar surface area (TPSA) is 60.5 Å². The van der Waals surface area contributed by atoms with Gasteiger partial charge in [0.2, 0.25) is 0 Å². The Hall–Kier alpha value is -2.93. The Morgan fingerprint density at radius 1 is 1.15 bits per heavy atom. The number of nitrogens with one attached hydrogen (secondary N) is 1. The molecule has 0 aliphatic heterocycles. The third kappa shape index (κ3) is 4.58. The fourth-order valence-corrected chi connectivity index (χ4v) is 2.94. The van der Waals surface area contributed by atoms with Gasteiger partial charge in [-0.15, -0.1) is 11.3 Å². The van der Waals surface area contributed by atoms with Crippen LogP contribution < -0.4 is 10.1 Å². The van der Waals surface area contributed by atoms with E-state index in [4.69, 9.17) is 9.47 Å². The van der Waals surface area contributed by atoms with Crippen LogP contribution in [0, 0.1) is 5.82 Å². The van der Waals surface area contributed by atoms with Gasteiger partial charge in [0.25, 0.3) is 0 Å². The standard InChI is InChI=1S/C19H17FN2O3S/c1-21-17-5-3-2-4-16(17)19(23)25-10-14-12-26-18(22-14)11-24-15-8-6-13(20)7-9-15/h2-9,12,21H,10-11H2,1H3. The fraction of sp³-hybridized carbons (Fsp3) is 0.158. The molecule has 7 heteroatoms. The van der Waals surface area contributed by atoms with Crippen LogP contribution in [0.1, 0.15) is 21.1 Å². The Labute approximate surface area is 154 Å². The monoisotopic (exact) mass is 372 g/mol. The van der Waals surface area contributed by atoms with Crippen LogP contribution in [0.15, 0.2) is 53.9 Å². The van der Waals surface area contributed by atoms with Gasteiger partial charge in [0.1, 0.15) is 29.8 Å². The molecule has 0 bridgehead atoms. The molecule has 5 nitrogen and oxygen atoms in total. The van der Waals surface area contributed by atoms with Crippen molar-refractivity contribution in [1.29, 1.82) is 0 Å². The minimum absolute atomic E-state index is 0.0872. The summed E-state index contributed by atoms with van der Waals surface area (Å²) in [6.07, 6.45) is 0. The molecule has 1 N–H and O–H groups in total. The van der Waals surface area contributed by atoms with Crippen LogP contribution in [-0.4, -0.2) is 18.0 Å². The SMILES string of the molecule is CNc1ccccc1C(=O)OCc1csc(COc2ccc(F)cc2)n1. The lowest BCUT2D eigenvalue weighted by Gasteiger charge is -2.08. The molecular formula is C19H17FN2O3S. The van der Waals surface area contributed by atoms with Gasteiger partial charge in [-0.05, 0) is 36.4 Å². The average Bonchev–Trinajstić information content (AvgIpc) is 3.13. The second kappa shape index (κ2) is 8.44. The predicted molar refractivity (Wildman–Crippen MR) is 98.0 cm³/mol. The third-order valence-corrected chi connectivity index (χ3v) is 4.41. The molecule has 0 amide bonds. The molecule has 0 fully saturated rings. The summed E-state index contributed by atoms with van der Waals surface area (Å²) in [6.45, 7) is 0.358. The van der Waals surface area contributed by atoms with Crippen LogP contribution in [-0.2, 0) is 18.0 Å². The normalized spacial score (nSPS) is 10.4. The largest absolute Gasteiger partial charge is 0.486 e. The van der Waals surface area contributed by atoms with Gasteiger partial charge in [0.15, 0.2) is 0 Å². The number of hydrogen-bond acceptors (Lipinski definition) is 6. The van der Waals surface area contributed by atoms with Gasteiger partial charge < -0.3 is 14.8 Å². The van der Waals surface area contributed by atoms with Crippen molar-refractivity contribution in [2.45, 2.75) is 13.2 Å². The van der Waals surface area contributed by atoms with E-state index >= 15 is 0 Å². The number of nitrogens with zero attached hydrogens (tertiary/aromatic N) is 1. The summed E-state index contributed by atoms with van der Waals surface area (Å²) in [5.41, 5.74) is 1.84. The van der Waals surface area contributed by atoms with E-state index in [0.29, 0.717) is 22.7 Å². The first kappa shape index (κ1) is 17.9.